The van der Waals surface area contributed by atoms with Crippen molar-refractivity contribution in [1.82, 2.24) is 15.1 Å². The number of carbonyl (C=O) groups excluding carboxylic acids is 1. The van der Waals surface area contributed by atoms with Gasteiger partial charge in [0.25, 0.3) is 5.91 Å². The Hall–Kier alpha value is -2.54. The van der Waals surface area contributed by atoms with Gasteiger partial charge in [-0.05, 0) is 31.9 Å². The summed E-state index contributed by atoms with van der Waals surface area (Å²) in [5.74, 6) is -1.16. The van der Waals surface area contributed by atoms with E-state index in [0.29, 0.717) is 18.5 Å². The SMILES string of the molecule is Cc1cc(=O)c(C(=O)NC2CCCCC2O)nn1-c1ccccc1F. The van der Waals surface area contributed by atoms with Crippen molar-refractivity contribution in [3.05, 3.63) is 57.8 Å². The molecule has 0 bridgehead atoms. The van der Waals surface area contributed by atoms with E-state index in [-0.39, 0.29) is 11.4 Å². The fourth-order valence-corrected chi connectivity index (χ4v) is 3.09. The van der Waals surface area contributed by atoms with E-state index in [2.05, 4.69) is 10.4 Å². The number of nitrogens with one attached hydrogen (secondary N) is 1. The summed E-state index contributed by atoms with van der Waals surface area (Å²) in [5, 5.41) is 16.7. The van der Waals surface area contributed by atoms with Crippen LogP contribution >= 0.6 is 0 Å². The first-order chi connectivity index (χ1) is 12.0. The molecule has 1 aliphatic carbocycles. The van der Waals surface area contributed by atoms with Crippen LogP contribution in [0.1, 0.15) is 41.9 Å². The van der Waals surface area contributed by atoms with Gasteiger partial charge in [-0.25, -0.2) is 9.07 Å². The molecule has 0 radical (unpaired) electrons. The van der Waals surface area contributed by atoms with Crippen molar-refractivity contribution in [3.63, 3.8) is 0 Å². The van der Waals surface area contributed by atoms with Gasteiger partial charge in [-0.1, -0.05) is 25.0 Å². The van der Waals surface area contributed by atoms with Crippen LogP contribution in [0.15, 0.2) is 35.1 Å². The monoisotopic (exact) mass is 345 g/mol. The first-order valence-corrected chi connectivity index (χ1v) is 8.32. The maximum absolute atomic E-state index is 14.0. The Balaban J connectivity index is 1.94. The van der Waals surface area contributed by atoms with E-state index in [4.69, 9.17) is 0 Å². The van der Waals surface area contributed by atoms with Gasteiger partial charge >= 0.3 is 0 Å². The zero-order chi connectivity index (χ0) is 18.0. The second-order valence-electron chi connectivity index (χ2n) is 6.29. The molecule has 1 heterocycles. The molecule has 3 rings (SSSR count). The Morgan fingerprint density at radius 1 is 1.32 bits per heavy atom. The maximum Gasteiger partial charge on any atom is 0.276 e. The number of rotatable bonds is 3. The first-order valence-electron chi connectivity index (χ1n) is 8.32. The summed E-state index contributed by atoms with van der Waals surface area (Å²) in [5.41, 5.74) is -0.268. The molecule has 132 valence electrons. The Kier molecular flexibility index (Phi) is 4.94. The molecule has 0 aliphatic heterocycles. The molecular formula is C18H20FN3O3. The highest BCUT2D eigenvalue weighted by molar-refractivity contribution is 5.92. The molecule has 0 spiro atoms. The van der Waals surface area contributed by atoms with E-state index in [1.807, 2.05) is 0 Å². The van der Waals surface area contributed by atoms with Gasteiger partial charge in [0.15, 0.2) is 5.69 Å². The summed E-state index contributed by atoms with van der Waals surface area (Å²) in [6, 6.07) is 6.86. The van der Waals surface area contributed by atoms with Crippen molar-refractivity contribution in [2.24, 2.45) is 0 Å². The standard InChI is InChI=1S/C18H20FN3O3/c1-11-10-16(24)17(18(25)20-13-7-3-5-9-15(13)23)21-22(11)14-8-4-2-6-12(14)19/h2,4,6,8,10,13,15,23H,3,5,7,9H2,1H3,(H,20,25). The number of aromatic nitrogens is 2. The number of nitrogens with zero attached hydrogens (tertiary/aromatic N) is 2. The Labute approximate surface area is 144 Å². The van der Waals surface area contributed by atoms with Gasteiger partial charge < -0.3 is 10.4 Å². The lowest BCUT2D eigenvalue weighted by atomic mass is 9.92. The predicted molar refractivity (Wildman–Crippen MR) is 90.3 cm³/mol. The van der Waals surface area contributed by atoms with Gasteiger partial charge in [-0.3, -0.25) is 9.59 Å². The van der Waals surface area contributed by atoms with Crippen LogP contribution in [0, 0.1) is 12.7 Å². The molecule has 1 aliphatic rings. The fraction of sp³-hybridized carbons (Fsp3) is 0.389. The van der Waals surface area contributed by atoms with Gasteiger partial charge in [0.05, 0.1) is 12.1 Å². The summed E-state index contributed by atoms with van der Waals surface area (Å²) in [7, 11) is 0. The van der Waals surface area contributed by atoms with Crippen molar-refractivity contribution < 1.29 is 14.3 Å². The van der Waals surface area contributed by atoms with Gasteiger partial charge in [0.2, 0.25) is 5.43 Å². The number of para-hydroxylation sites is 1. The normalized spacial score (nSPS) is 20.3. The molecule has 1 fully saturated rings. The molecule has 1 saturated carbocycles. The average Bonchev–Trinajstić information content (AvgIpc) is 2.58. The third-order valence-electron chi connectivity index (χ3n) is 4.45. The average molecular weight is 345 g/mol. The van der Waals surface area contributed by atoms with Crippen LogP contribution in [0.2, 0.25) is 0 Å². The number of hydrogen-bond donors (Lipinski definition) is 2. The summed E-state index contributed by atoms with van der Waals surface area (Å²) in [6.45, 7) is 1.62. The molecule has 2 unspecified atom stereocenters. The second kappa shape index (κ2) is 7.14. The topological polar surface area (TPSA) is 84.2 Å². The highest BCUT2D eigenvalue weighted by Gasteiger charge is 2.26. The van der Waals surface area contributed by atoms with Crippen molar-refractivity contribution in [2.75, 3.05) is 0 Å². The van der Waals surface area contributed by atoms with Gasteiger partial charge in [0, 0.05) is 11.8 Å². The number of benzene rings is 1. The Bertz CT molecular complexity index is 850. The summed E-state index contributed by atoms with van der Waals surface area (Å²) >= 11 is 0. The van der Waals surface area contributed by atoms with Crippen LogP contribution in [0.25, 0.3) is 5.69 Å². The zero-order valence-corrected chi connectivity index (χ0v) is 13.9. The fourth-order valence-electron chi connectivity index (χ4n) is 3.09. The van der Waals surface area contributed by atoms with E-state index in [1.54, 1.807) is 19.1 Å². The highest BCUT2D eigenvalue weighted by atomic mass is 19.1. The Morgan fingerprint density at radius 2 is 2.04 bits per heavy atom. The molecule has 1 amide bonds. The largest absolute Gasteiger partial charge is 0.391 e. The minimum absolute atomic E-state index is 0.159. The third-order valence-corrected chi connectivity index (χ3v) is 4.45. The van der Waals surface area contributed by atoms with Crippen LogP contribution in [0.3, 0.4) is 0 Å². The van der Waals surface area contributed by atoms with Gasteiger partial charge in [-0.2, -0.15) is 5.10 Å². The lowest BCUT2D eigenvalue weighted by Crippen LogP contribution is -2.46. The molecule has 2 aromatic rings. The quantitative estimate of drug-likeness (QED) is 0.887. The predicted octanol–water partition coefficient (Wildman–Crippen LogP) is 1.71. The number of carbonyl (C=O) groups is 1. The molecule has 0 saturated heterocycles. The second-order valence-corrected chi connectivity index (χ2v) is 6.29. The molecule has 1 aromatic carbocycles. The summed E-state index contributed by atoms with van der Waals surface area (Å²) in [4.78, 5) is 24.6. The van der Waals surface area contributed by atoms with Crippen LogP contribution in [0.5, 0.6) is 0 Å². The molecule has 2 N–H and O–H groups in total. The molecule has 25 heavy (non-hydrogen) atoms. The van der Waals surface area contributed by atoms with Gasteiger partial charge in [-0.15, -0.1) is 0 Å². The summed E-state index contributed by atoms with van der Waals surface area (Å²) < 4.78 is 15.3. The van der Waals surface area contributed by atoms with Crippen molar-refractivity contribution in [3.8, 4) is 5.69 Å². The van der Waals surface area contributed by atoms with Crippen molar-refractivity contribution in [1.29, 1.82) is 0 Å². The van der Waals surface area contributed by atoms with E-state index >= 15 is 0 Å². The highest BCUT2D eigenvalue weighted by Crippen LogP contribution is 2.18. The maximum atomic E-state index is 14.0. The van der Waals surface area contributed by atoms with Gasteiger partial charge in [0.1, 0.15) is 11.5 Å². The number of halogens is 1. The number of amides is 1. The van der Waals surface area contributed by atoms with E-state index in [0.717, 1.165) is 12.8 Å². The lowest BCUT2D eigenvalue weighted by molar-refractivity contribution is 0.0711. The van der Waals surface area contributed by atoms with Crippen LogP contribution in [-0.4, -0.2) is 32.9 Å². The van der Waals surface area contributed by atoms with Crippen molar-refractivity contribution in [2.45, 2.75) is 44.8 Å². The number of aryl methyl sites for hydroxylation is 1. The third kappa shape index (κ3) is 3.61. The molecule has 1 aromatic heterocycles. The molecule has 6 nitrogen and oxygen atoms in total. The molecular weight excluding hydrogens is 325 g/mol. The van der Waals surface area contributed by atoms with E-state index in [1.165, 1.54) is 22.9 Å². The first kappa shape index (κ1) is 17.3. The van der Waals surface area contributed by atoms with Crippen molar-refractivity contribution >= 4 is 5.91 Å². The van der Waals surface area contributed by atoms with Crippen LogP contribution in [0.4, 0.5) is 4.39 Å². The van der Waals surface area contributed by atoms with E-state index < -0.39 is 29.3 Å². The minimum atomic E-state index is -0.652. The minimum Gasteiger partial charge on any atom is -0.391 e. The smallest absolute Gasteiger partial charge is 0.276 e. The van der Waals surface area contributed by atoms with E-state index in [9.17, 15) is 19.1 Å². The Morgan fingerprint density at radius 3 is 2.76 bits per heavy atom. The van der Waals surface area contributed by atoms with Crippen LogP contribution in [-0.2, 0) is 0 Å². The number of aliphatic hydroxyl groups is 1. The number of aliphatic hydroxyl groups excluding tert-OH is 1. The zero-order valence-electron chi connectivity index (χ0n) is 13.9. The molecule has 2 atom stereocenters. The molecule has 7 heteroatoms. The lowest BCUT2D eigenvalue weighted by Gasteiger charge is -2.28. The number of hydrogen-bond acceptors (Lipinski definition) is 4. The van der Waals surface area contributed by atoms with Crippen LogP contribution < -0.4 is 10.7 Å². The summed E-state index contributed by atoms with van der Waals surface area (Å²) in [6.07, 6.45) is 2.46.